The SMILES string of the molecule is CCOC(=O)C1=C(CN2CCCN(C(=O)C3CC3)CC2)N(C)C(=O)NC1c1ccc(OC)c(OC)c1. The van der Waals surface area contributed by atoms with Crippen molar-refractivity contribution in [3.05, 3.63) is 35.0 Å². The van der Waals surface area contributed by atoms with Gasteiger partial charge >= 0.3 is 12.0 Å². The second-order valence-electron chi connectivity index (χ2n) is 9.37. The number of ether oxygens (including phenoxy) is 3. The smallest absolute Gasteiger partial charge is 0.338 e. The van der Waals surface area contributed by atoms with Crippen LogP contribution in [0.15, 0.2) is 29.5 Å². The number of rotatable bonds is 8. The minimum absolute atomic E-state index is 0.199. The van der Waals surface area contributed by atoms with Crippen molar-refractivity contribution in [2.75, 3.05) is 60.6 Å². The van der Waals surface area contributed by atoms with Gasteiger partial charge in [-0.15, -0.1) is 0 Å². The van der Waals surface area contributed by atoms with Crippen molar-refractivity contribution in [3.63, 3.8) is 0 Å². The maximum absolute atomic E-state index is 13.3. The molecule has 1 saturated carbocycles. The highest BCUT2D eigenvalue weighted by atomic mass is 16.5. The molecule has 0 bridgehead atoms. The zero-order chi connectivity index (χ0) is 25.8. The van der Waals surface area contributed by atoms with Gasteiger partial charge in [0.2, 0.25) is 5.91 Å². The Balaban J connectivity index is 1.65. The van der Waals surface area contributed by atoms with E-state index >= 15 is 0 Å². The number of amides is 3. The average Bonchev–Trinajstić information content (AvgIpc) is 3.74. The molecule has 1 aromatic carbocycles. The molecular formula is C26H36N4O6. The lowest BCUT2D eigenvalue weighted by Crippen LogP contribution is -2.49. The standard InChI is InChI=1S/C26H36N4O6/c1-5-36-25(32)22-19(16-29-11-6-12-30(14-13-29)24(31)17-7-8-17)28(2)26(33)27-23(22)18-9-10-20(34-3)21(15-18)35-4/h9-10,15,17,23H,5-8,11-14,16H2,1-4H3,(H,27,33). The van der Waals surface area contributed by atoms with Gasteiger partial charge < -0.3 is 24.4 Å². The van der Waals surface area contributed by atoms with Gasteiger partial charge in [-0.25, -0.2) is 9.59 Å². The molecule has 1 unspecified atom stereocenters. The van der Waals surface area contributed by atoms with E-state index in [0.717, 1.165) is 32.4 Å². The summed E-state index contributed by atoms with van der Waals surface area (Å²) in [7, 11) is 4.76. The van der Waals surface area contributed by atoms with Gasteiger partial charge in [-0.3, -0.25) is 14.6 Å². The van der Waals surface area contributed by atoms with E-state index in [-0.39, 0.29) is 24.5 Å². The number of methoxy groups -OCH3 is 2. The molecule has 36 heavy (non-hydrogen) atoms. The van der Waals surface area contributed by atoms with Crippen molar-refractivity contribution >= 4 is 17.9 Å². The monoisotopic (exact) mass is 500 g/mol. The van der Waals surface area contributed by atoms with Crippen molar-refractivity contribution in [2.45, 2.75) is 32.2 Å². The molecule has 2 aliphatic heterocycles. The van der Waals surface area contributed by atoms with Crippen LogP contribution in [-0.2, 0) is 14.3 Å². The normalized spacial score (nSPS) is 21.1. The quantitative estimate of drug-likeness (QED) is 0.546. The summed E-state index contributed by atoms with van der Waals surface area (Å²) in [6.45, 7) is 5.20. The minimum Gasteiger partial charge on any atom is -0.493 e. The van der Waals surface area contributed by atoms with Crippen molar-refractivity contribution in [2.24, 2.45) is 5.92 Å². The van der Waals surface area contributed by atoms with Gasteiger partial charge in [0.15, 0.2) is 11.5 Å². The van der Waals surface area contributed by atoms with Crippen LogP contribution in [0.3, 0.4) is 0 Å². The van der Waals surface area contributed by atoms with Crippen LogP contribution in [0.1, 0.15) is 37.8 Å². The van der Waals surface area contributed by atoms with E-state index in [0.29, 0.717) is 48.0 Å². The summed E-state index contributed by atoms with van der Waals surface area (Å²) in [4.78, 5) is 44.5. The minimum atomic E-state index is -0.706. The highest BCUT2D eigenvalue weighted by Gasteiger charge is 2.38. The zero-order valence-corrected chi connectivity index (χ0v) is 21.5. The first-order valence-corrected chi connectivity index (χ1v) is 12.5. The Morgan fingerprint density at radius 3 is 2.47 bits per heavy atom. The molecule has 0 radical (unpaired) electrons. The number of hydrogen-bond acceptors (Lipinski definition) is 7. The Bertz CT molecular complexity index is 1040. The fourth-order valence-electron chi connectivity index (χ4n) is 4.83. The molecule has 3 aliphatic rings. The molecule has 10 nitrogen and oxygen atoms in total. The van der Waals surface area contributed by atoms with E-state index in [4.69, 9.17) is 14.2 Å². The molecule has 1 saturated heterocycles. The third-order valence-corrected chi connectivity index (χ3v) is 7.01. The third-order valence-electron chi connectivity index (χ3n) is 7.01. The van der Waals surface area contributed by atoms with E-state index in [1.807, 2.05) is 11.0 Å². The van der Waals surface area contributed by atoms with Gasteiger partial charge in [-0.1, -0.05) is 6.07 Å². The Labute approximate surface area is 212 Å². The van der Waals surface area contributed by atoms with Gasteiger partial charge in [0, 0.05) is 51.4 Å². The summed E-state index contributed by atoms with van der Waals surface area (Å²) in [5, 5.41) is 2.94. The first-order chi connectivity index (χ1) is 17.4. The van der Waals surface area contributed by atoms with Crippen molar-refractivity contribution < 1.29 is 28.6 Å². The first kappa shape index (κ1) is 25.8. The van der Waals surface area contributed by atoms with Crippen LogP contribution in [0, 0.1) is 5.92 Å². The Hall–Kier alpha value is -3.27. The molecule has 10 heteroatoms. The molecule has 3 amide bonds. The maximum atomic E-state index is 13.3. The Kier molecular flexibility index (Phi) is 8.03. The number of hydrogen-bond donors (Lipinski definition) is 1. The summed E-state index contributed by atoms with van der Waals surface area (Å²) < 4.78 is 16.2. The number of urea groups is 1. The van der Waals surface area contributed by atoms with Crippen LogP contribution >= 0.6 is 0 Å². The molecule has 1 aliphatic carbocycles. The summed E-state index contributed by atoms with van der Waals surface area (Å²) in [5.74, 6) is 1.04. The summed E-state index contributed by atoms with van der Waals surface area (Å²) in [6, 6.07) is 4.31. The maximum Gasteiger partial charge on any atom is 0.338 e. The molecule has 0 aromatic heterocycles. The predicted octanol–water partition coefficient (Wildman–Crippen LogP) is 2.16. The summed E-state index contributed by atoms with van der Waals surface area (Å²) >= 11 is 0. The lowest BCUT2D eigenvalue weighted by molar-refractivity contribution is -0.139. The molecule has 4 rings (SSSR count). The van der Waals surface area contributed by atoms with E-state index in [1.54, 1.807) is 40.3 Å². The third kappa shape index (κ3) is 5.43. The number of carbonyl (C=O) groups is 3. The molecule has 1 atom stereocenters. The van der Waals surface area contributed by atoms with Crippen LogP contribution in [0.5, 0.6) is 11.5 Å². The van der Waals surface area contributed by atoms with Crippen LogP contribution in [0.4, 0.5) is 4.79 Å². The van der Waals surface area contributed by atoms with Crippen molar-refractivity contribution in [1.29, 1.82) is 0 Å². The second-order valence-corrected chi connectivity index (χ2v) is 9.37. The summed E-state index contributed by atoms with van der Waals surface area (Å²) in [6.07, 6.45) is 2.83. The molecule has 196 valence electrons. The predicted molar refractivity (Wildman–Crippen MR) is 133 cm³/mol. The van der Waals surface area contributed by atoms with Crippen LogP contribution in [0.2, 0.25) is 0 Å². The largest absolute Gasteiger partial charge is 0.493 e. The average molecular weight is 501 g/mol. The zero-order valence-electron chi connectivity index (χ0n) is 21.5. The highest BCUT2D eigenvalue weighted by molar-refractivity contribution is 5.95. The fraction of sp³-hybridized carbons (Fsp3) is 0.577. The molecule has 1 N–H and O–H groups in total. The van der Waals surface area contributed by atoms with Gasteiger partial charge in [0.25, 0.3) is 0 Å². The second kappa shape index (κ2) is 11.2. The van der Waals surface area contributed by atoms with Crippen LogP contribution < -0.4 is 14.8 Å². The number of likely N-dealkylation sites (N-methyl/N-ethyl adjacent to an activating group) is 1. The molecule has 1 aromatic rings. The number of nitrogens with one attached hydrogen (secondary N) is 1. The fourth-order valence-corrected chi connectivity index (χ4v) is 4.83. The van der Waals surface area contributed by atoms with Gasteiger partial charge in [0.1, 0.15) is 0 Å². The van der Waals surface area contributed by atoms with Crippen molar-refractivity contribution in [1.82, 2.24) is 20.0 Å². The van der Waals surface area contributed by atoms with E-state index < -0.39 is 12.0 Å². The van der Waals surface area contributed by atoms with Crippen LogP contribution in [-0.4, -0.2) is 93.2 Å². The van der Waals surface area contributed by atoms with Gasteiger partial charge in [-0.2, -0.15) is 0 Å². The van der Waals surface area contributed by atoms with E-state index in [2.05, 4.69) is 10.2 Å². The molecule has 0 spiro atoms. The molecular weight excluding hydrogens is 464 g/mol. The molecule has 2 heterocycles. The highest BCUT2D eigenvalue weighted by Crippen LogP contribution is 2.36. The number of esters is 1. The van der Waals surface area contributed by atoms with E-state index in [9.17, 15) is 14.4 Å². The van der Waals surface area contributed by atoms with Crippen LogP contribution in [0.25, 0.3) is 0 Å². The summed E-state index contributed by atoms with van der Waals surface area (Å²) in [5.41, 5.74) is 1.67. The lowest BCUT2D eigenvalue weighted by atomic mass is 9.94. The van der Waals surface area contributed by atoms with Gasteiger partial charge in [0.05, 0.1) is 32.4 Å². The lowest BCUT2D eigenvalue weighted by Gasteiger charge is -2.36. The van der Waals surface area contributed by atoms with Crippen molar-refractivity contribution in [3.8, 4) is 11.5 Å². The Morgan fingerprint density at radius 1 is 1.06 bits per heavy atom. The molecule has 2 fully saturated rings. The Morgan fingerprint density at radius 2 is 1.81 bits per heavy atom. The number of benzene rings is 1. The topological polar surface area (TPSA) is 101 Å². The van der Waals surface area contributed by atoms with E-state index in [1.165, 1.54) is 4.90 Å². The first-order valence-electron chi connectivity index (χ1n) is 12.5. The number of carbonyl (C=O) groups excluding carboxylic acids is 3. The number of nitrogens with zero attached hydrogens (tertiary/aromatic N) is 3. The van der Waals surface area contributed by atoms with Gasteiger partial charge in [-0.05, 0) is 43.9 Å².